The fraction of sp³-hybridized carbons (Fsp3) is 0.640. The maximum atomic E-state index is 14.4. The lowest BCUT2D eigenvalue weighted by Gasteiger charge is -2.73. The van der Waals surface area contributed by atoms with Crippen LogP contribution < -0.4 is 0 Å². The van der Waals surface area contributed by atoms with E-state index in [1.54, 1.807) is 0 Å². The van der Waals surface area contributed by atoms with Gasteiger partial charge in [0.15, 0.2) is 5.78 Å². The Morgan fingerprint density at radius 2 is 2.00 bits per heavy atom. The number of benzene rings is 1. The number of rotatable bonds is 2. The number of ketones is 1. The zero-order valence-corrected chi connectivity index (χ0v) is 16.0. The maximum Gasteiger partial charge on any atom is 0.166 e. The SMILES string of the molecule is N#C[C@@]12C(=O)[C@@]34[C@@H]5[C@H]6[C@@H](CC[C@@H]51)[C@@H]2O[C@]63[C@H]1C[C@H]2[C@]4(C=O)[C@@]2(c2ccccc2)C1. The molecular formula is C25H21NO3. The first-order valence-corrected chi connectivity index (χ1v) is 11.3. The van der Waals surface area contributed by atoms with Crippen LogP contribution in [0.2, 0.25) is 0 Å². The monoisotopic (exact) mass is 383 g/mol. The zero-order chi connectivity index (χ0) is 19.2. The summed E-state index contributed by atoms with van der Waals surface area (Å²) in [4.78, 5) is 27.6. The van der Waals surface area contributed by atoms with Crippen LogP contribution in [-0.4, -0.2) is 23.8 Å². The van der Waals surface area contributed by atoms with Crippen molar-refractivity contribution in [3.05, 3.63) is 35.9 Å². The van der Waals surface area contributed by atoms with Crippen molar-refractivity contribution in [2.24, 2.45) is 51.8 Å². The van der Waals surface area contributed by atoms with E-state index in [0.717, 1.165) is 25.7 Å². The Morgan fingerprint density at radius 1 is 1.17 bits per heavy atom. The number of nitrogens with zero attached hydrogens (tertiary/aromatic N) is 1. The molecule has 0 radical (unpaired) electrons. The predicted octanol–water partition coefficient (Wildman–Crippen LogP) is 2.67. The van der Waals surface area contributed by atoms with Crippen LogP contribution in [0.4, 0.5) is 0 Å². The van der Waals surface area contributed by atoms with Gasteiger partial charge in [-0.2, -0.15) is 5.26 Å². The molecule has 1 saturated heterocycles. The van der Waals surface area contributed by atoms with Gasteiger partial charge in [0.05, 0.1) is 28.6 Å². The van der Waals surface area contributed by atoms with Gasteiger partial charge in [-0.1, -0.05) is 30.3 Å². The van der Waals surface area contributed by atoms with Gasteiger partial charge in [-0.25, -0.2) is 0 Å². The molecule has 144 valence electrons. The van der Waals surface area contributed by atoms with Gasteiger partial charge in [0.2, 0.25) is 0 Å². The Labute approximate surface area is 168 Å². The van der Waals surface area contributed by atoms with Crippen molar-refractivity contribution in [2.45, 2.75) is 42.8 Å². The van der Waals surface area contributed by atoms with Gasteiger partial charge in [0.25, 0.3) is 0 Å². The van der Waals surface area contributed by atoms with E-state index in [1.807, 2.05) is 6.07 Å². The van der Waals surface area contributed by atoms with Crippen LogP contribution in [0.5, 0.6) is 0 Å². The molecule has 4 heteroatoms. The summed E-state index contributed by atoms with van der Waals surface area (Å²) in [6.45, 7) is 0. The lowest BCUT2D eigenvalue weighted by atomic mass is 9.29. The summed E-state index contributed by atoms with van der Waals surface area (Å²) < 4.78 is 6.95. The molecule has 7 aliphatic carbocycles. The largest absolute Gasteiger partial charge is 0.368 e. The molecule has 9 rings (SSSR count). The van der Waals surface area contributed by atoms with Crippen LogP contribution in [-0.2, 0) is 19.7 Å². The maximum absolute atomic E-state index is 14.4. The second-order valence-electron chi connectivity index (χ2n) is 11.4. The fourth-order valence-electron chi connectivity index (χ4n) is 12.0. The van der Waals surface area contributed by atoms with Crippen molar-refractivity contribution >= 4 is 12.1 Å². The van der Waals surface area contributed by atoms with Crippen molar-refractivity contribution in [3.63, 3.8) is 0 Å². The van der Waals surface area contributed by atoms with E-state index < -0.39 is 21.8 Å². The molecule has 4 bridgehead atoms. The van der Waals surface area contributed by atoms with Crippen molar-refractivity contribution in [3.8, 4) is 6.07 Å². The molecule has 0 amide bonds. The Kier molecular flexibility index (Phi) is 1.86. The number of aldehydes is 1. The number of nitriles is 1. The Morgan fingerprint density at radius 3 is 2.76 bits per heavy atom. The molecule has 7 saturated carbocycles. The Bertz CT molecular complexity index is 1140. The summed E-state index contributed by atoms with van der Waals surface area (Å²) in [5.74, 6) is 1.82. The van der Waals surface area contributed by atoms with E-state index in [4.69, 9.17) is 4.74 Å². The minimum atomic E-state index is -0.977. The van der Waals surface area contributed by atoms with Crippen LogP contribution in [0, 0.1) is 63.1 Å². The van der Waals surface area contributed by atoms with Gasteiger partial charge < -0.3 is 9.53 Å². The average molecular weight is 383 g/mol. The van der Waals surface area contributed by atoms with Crippen LogP contribution >= 0.6 is 0 Å². The smallest absolute Gasteiger partial charge is 0.166 e. The van der Waals surface area contributed by atoms with E-state index in [-0.39, 0.29) is 35.1 Å². The van der Waals surface area contributed by atoms with E-state index in [2.05, 4.69) is 30.3 Å². The summed E-state index contributed by atoms with van der Waals surface area (Å²) in [5, 5.41) is 10.4. The number of hydrogen-bond acceptors (Lipinski definition) is 4. The quantitative estimate of drug-likeness (QED) is 0.737. The molecule has 0 N–H and O–H groups in total. The lowest BCUT2D eigenvalue weighted by Crippen LogP contribution is -2.82. The molecule has 12 atom stereocenters. The minimum Gasteiger partial charge on any atom is -0.368 e. The van der Waals surface area contributed by atoms with Gasteiger partial charge in [0, 0.05) is 5.41 Å². The minimum absolute atomic E-state index is 0.110. The number of carbonyl (C=O) groups excluding carboxylic acids is 2. The van der Waals surface area contributed by atoms with Crippen LogP contribution in [0.3, 0.4) is 0 Å². The second-order valence-corrected chi connectivity index (χ2v) is 11.4. The molecule has 4 nitrogen and oxygen atoms in total. The van der Waals surface area contributed by atoms with Gasteiger partial charge in [-0.05, 0) is 66.8 Å². The molecule has 1 aliphatic heterocycles. The van der Waals surface area contributed by atoms with Crippen molar-refractivity contribution < 1.29 is 14.3 Å². The highest BCUT2D eigenvalue weighted by molar-refractivity contribution is 6.07. The molecule has 8 fully saturated rings. The molecule has 1 aromatic carbocycles. The predicted molar refractivity (Wildman–Crippen MR) is 99.1 cm³/mol. The Balaban J connectivity index is 1.40. The van der Waals surface area contributed by atoms with Gasteiger partial charge >= 0.3 is 0 Å². The molecule has 0 unspecified atom stereocenters. The normalized spacial score (nSPS) is 67.1. The summed E-state index contributed by atoms with van der Waals surface area (Å²) in [5.41, 5.74) is -1.77. The summed E-state index contributed by atoms with van der Waals surface area (Å²) >= 11 is 0. The highest BCUT2D eigenvalue weighted by Crippen LogP contribution is 3.02. The van der Waals surface area contributed by atoms with E-state index >= 15 is 0 Å². The first kappa shape index (κ1) is 14.9. The third kappa shape index (κ3) is 0.860. The van der Waals surface area contributed by atoms with Crippen molar-refractivity contribution in [1.29, 1.82) is 5.26 Å². The van der Waals surface area contributed by atoms with Crippen molar-refractivity contribution in [1.82, 2.24) is 0 Å². The second kappa shape index (κ2) is 3.62. The molecule has 2 spiro atoms. The lowest BCUT2D eigenvalue weighted by molar-refractivity contribution is -0.316. The third-order valence-electron chi connectivity index (χ3n) is 12.0. The number of fused-ring (bicyclic) bond motifs is 6. The number of ether oxygens (including phenoxy) is 1. The third-order valence-corrected chi connectivity index (χ3v) is 12.0. The van der Waals surface area contributed by atoms with Gasteiger partial charge in [-0.15, -0.1) is 0 Å². The highest BCUT2D eigenvalue weighted by Gasteiger charge is 3.09. The van der Waals surface area contributed by atoms with E-state index in [9.17, 15) is 14.9 Å². The summed E-state index contributed by atoms with van der Waals surface area (Å²) in [7, 11) is 0. The summed E-state index contributed by atoms with van der Waals surface area (Å²) in [6, 6.07) is 13.0. The van der Waals surface area contributed by atoms with Crippen LogP contribution in [0.25, 0.3) is 0 Å². The van der Waals surface area contributed by atoms with Gasteiger partial charge in [0.1, 0.15) is 11.7 Å². The number of carbonyl (C=O) groups is 2. The van der Waals surface area contributed by atoms with E-state index in [0.29, 0.717) is 17.8 Å². The molecule has 29 heavy (non-hydrogen) atoms. The number of hydrogen-bond donors (Lipinski definition) is 0. The molecule has 8 aliphatic rings. The first-order valence-electron chi connectivity index (χ1n) is 11.3. The van der Waals surface area contributed by atoms with Gasteiger partial charge in [-0.3, -0.25) is 4.79 Å². The van der Waals surface area contributed by atoms with Crippen LogP contribution in [0.1, 0.15) is 31.2 Å². The average Bonchev–Trinajstić information content (AvgIpc) is 2.98. The van der Waals surface area contributed by atoms with Crippen molar-refractivity contribution in [2.75, 3.05) is 0 Å². The molecule has 0 aromatic heterocycles. The highest BCUT2D eigenvalue weighted by atomic mass is 16.5. The topological polar surface area (TPSA) is 67.2 Å². The fourth-order valence-corrected chi connectivity index (χ4v) is 12.0. The molecular weight excluding hydrogens is 362 g/mol. The number of Topliss-reactive ketones (excluding diaryl/α,β-unsaturated/α-hetero) is 1. The molecule has 1 heterocycles. The molecule has 1 aromatic rings. The Hall–Kier alpha value is -1.99. The van der Waals surface area contributed by atoms with Crippen LogP contribution in [0.15, 0.2) is 30.3 Å². The summed E-state index contributed by atoms with van der Waals surface area (Å²) in [6.07, 6.45) is 5.02. The first-order chi connectivity index (χ1) is 14.1. The zero-order valence-electron chi connectivity index (χ0n) is 16.0. The van der Waals surface area contributed by atoms with E-state index in [1.165, 1.54) is 11.8 Å². The standard InChI is InChI=1S/C25H21NO3/c26-10-21-15-7-6-14-17-18(15)24(20(21)28)23(11-27)16-8-13(25(17,24)29-19(14)21)9-22(16,23)12-4-2-1-3-5-12/h1-5,11,13-19H,6-9H2/t13-,14+,15-,16+,17+,18-,19-,21+,22+,23+,24+,25+/m0/s1.